The first-order valence-corrected chi connectivity index (χ1v) is 9.71. The number of benzene rings is 2. The molecule has 4 rings (SSSR count). The maximum atomic E-state index is 13.5. The van der Waals surface area contributed by atoms with E-state index in [4.69, 9.17) is 0 Å². The van der Waals surface area contributed by atoms with Crippen LogP contribution in [-0.2, 0) is 11.0 Å². The molecule has 3 aromatic rings. The number of alkyl halides is 3. The van der Waals surface area contributed by atoms with Crippen molar-refractivity contribution in [3.05, 3.63) is 72.1 Å². The van der Waals surface area contributed by atoms with Gasteiger partial charge in [0.2, 0.25) is 5.91 Å². The zero-order chi connectivity index (χ0) is 22.2. The van der Waals surface area contributed by atoms with Crippen molar-refractivity contribution in [2.45, 2.75) is 18.6 Å². The van der Waals surface area contributed by atoms with Crippen molar-refractivity contribution in [1.29, 1.82) is 0 Å². The Labute approximate surface area is 177 Å². The summed E-state index contributed by atoms with van der Waals surface area (Å²) in [5.41, 5.74) is 2.63. The zero-order valence-electron chi connectivity index (χ0n) is 17.0. The van der Waals surface area contributed by atoms with Gasteiger partial charge in [-0.25, -0.2) is 0 Å². The fourth-order valence-corrected chi connectivity index (χ4v) is 3.68. The van der Waals surface area contributed by atoms with Gasteiger partial charge in [0.25, 0.3) is 0 Å². The highest BCUT2D eigenvalue weighted by atomic mass is 19.4. The van der Waals surface area contributed by atoms with Gasteiger partial charge in [-0.15, -0.1) is 0 Å². The molecule has 0 bridgehead atoms. The molecule has 2 aromatic carbocycles. The summed E-state index contributed by atoms with van der Waals surface area (Å²) < 4.78 is 40.6. The Morgan fingerprint density at radius 3 is 2.39 bits per heavy atom. The minimum Gasteiger partial charge on any atom is -0.377 e. The van der Waals surface area contributed by atoms with E-state index in [2.05, 4.69) is 15.6 Å². The number of hydrogen-bond donors (Lipinski definition) is 2. The largest absolute Gasteiger partial charge is 0.418 e. The average molecular weight is 426 g/mol. The van der Waals surface area contributed by atoms with Gasteiger partial charge in [0.05, 0.1) is 35.1 Å². The highest BCUT2D eigenvalue weighted by molar-refractivity contribution is 5.97. The first-order chi connectivity index (χ1) is 14.7. The van der Waals surface area contributed by atoms with Crippen LogP contribution in [0.4, 0.5) is 30.2 Å². The van der Waals surface area contributed by atoms with E-state index in [1.165, 1.54) is 11.0 Å². The molecule has 0 fully saturated rings. The maximum absolute atomic E-state index is 13.5. The number of rotatable bonds is 3. The number of nitrogens with zero attached hydrogens (tertiary/aromatic N) is 2. The molecule has 1 atom stereocenters. The summed E-state index contributed by atoms with van der Waals surface area (Å²) in [4.78, 5) is 18.0. The van der Waals surface area contributed by atoms with Gasteiger partial charge >= 0.3 is 6.18 Å². The molecule has 1 amide bonds. The minimum absolute atomic E-state index is 0.0283. The predicted octanol–water partition coefficient (Wildman–Crippen LogP) is 5.33. The second kappa shape index (κ2) is 7.94. The standard InChI is InChI=1S/C23H21F3N4O/c1-30(2)21-11-20-19(10-17(21)23(24,25)26)29-22(31)12-18(28-20)15-7-5-14(6-8-15)16-4-3-9-27-13-16/h3-11,13,18,28H,12H2,1-2H3,(H,29,31)/t18-/m0/s1. The van der Waals surface area contributed by atoms with Crippen molar-refractivity contribution in [1.82, 2.24) is 4.98 Å². The van der Waals surface area contributed by atoms with Crippen molar-refractivity contribution < 1.29 is 18.0 Å². The number of halogens is 3. The van der Waals surface area contributed by atoms with E-state index < -0.39 is 11.7 Å². The third-order valence-corrected chi connectivity index (χ3v) is 5.22. The molecule has 0 saturated heterocycles. The van der Waals surface area contributed by atoms with Gasteiger partial charge in [-0.1, -0.05) is 30.3 Å². The highest BCUT2D eigenvalue weighted by Crippen LogP contribution is 2.43. The van der Waals surface area contributed by atoms with Crippen molar-refractivity contribution in [3.63, 3.8) is 0 Å². The second-order valence-electron chi connectivity index (χ2n) is 7.62. The highest BCUT2D eigenvalue weighted by Gasteiger charge is 2.36. The van der Waals surface area contributed by atoms with E-state index in [0.29, 0.717) is 5.69 Å². The molecule has 8 heteroatoms. The van der Waals surface area contributed by atoms with Gasteiger partial charge in [0, 0.05) is 26.5 Å². The molecular formula is C23H21F3N4O. The maximum Gasteiger partial charge on any atom is 0.418 e. The molecule has 0 aliphatic carbocycles. The number of fused-ring (bicyclic) bond motifs is 1. The van der Waals surface area contributed by atoms with Crippen molar-refractivity contribution in [2.24, 2.45) is 0 Å². The van der Waals surface area contributed by atoms with Crippen LogP contribution >= 0.6 is 0 Å². The Bertz CT molecular complexity index is 1100. The summed E-state index contributed by atoms with van der Waals surface area (Å²) in [6.45, 7) is 0. The smallest absolute Gasteiger partial charge is 0.377 e. The Morgan fingerprint density at radius 1 is 1.03 bits per heavy atom. The summed E-state index contributed by atoms with van der Waals surface area (Å²) in [7, 11) is 3.11. The fraction of sp³-hybridized carbons (Fsp3) is 0.217. The first kappa shape index (κ1) is 20.7. The molecule has 1 aromatic heterocycles. The molecule has 2 heterocycles. The lowest BCUT2D eigenvalue weighted by atomic mass is 9.99. The van der Waals surface area contributed by atoms with Crippen LogP contribution < -0.4 is 15.5 Å². The van der Waals surface area contributed by atoms with Gasteiger partial charge in [-0.2, -0.15) is 13.2 Å². The van der Waals surface area contributed by atoms with Crippen LogP contribution in [0.15, 0.2) is 60.9 Å². The Balaban J connectivity index is 1.69. The van der Waals surface area contributed by atoms with Gasteiger partial charge in [0.1, 0.15) is 0 Å². The summed E-state index contributed by atoms with van der Waals surface area (Å²) in [6, 6.07) is 13.6. The topological polar surface area (TPSA) is 57.3 Å². The van der Waals surface area contributed by atoms with Crippen LogP contribution in [0.5, 0.6) is 0 Å². The lowest BCUT2D eigenvalue weighted by molar-refractivity contribution is -0.137. The van der Waals surface area contributed by atoms with E-state index in [9.17, 15) is 18.0 Å². The molecule has 1 aliphatic heterocycles. The Hall–Kier alpha value is -3.55. The zero-order valence-corrected chi connectivity index (χ0v) is 17.0. The molecule has 2 N–H and O–H groups in total. The fourth-order valence-electron chi connectivity index (χ4n) is 3.68. The molecule has 0 unspecified atom stereocenters. The molecule has 0 radical (unpaired) electrons. The van der Waals surface area contributed by atoms with Crippen LogP contribution in [0.1, 0.15) is 23.6 Å². The summed E-state index contributed by atoms with van der Waals surface area (Å²) in [5, 5.41) is 5.86. The van der Waals surface area contributed by atoms with Crippen LogP contribution in [0.3, 0.4) is 0 Å². The molecule has 0 spiro atoms. The van der Waals surface area contributed by atoms with E-state index in [1.54, 1.807) is 26.5 Å². The first-order valence-electron chi connectivity index (χ1n) is 9.71. The summed E-state index contributed by atoms with van der Waals surface area (Å²) in [6.07, 6.45) is -0.966. The lowest BCUT2D eigenvalue weighted by Gasteiger charge is -2.23. The lowest BCUT2D eigenvalue weighted by Crippen LogP contribution is -2.18. The number of nitrogens with one attached hydrogen (secondary N) is 2. The molecule has 160 valence electrons. The summed E-state index contributed by atoms with van der Waals surface area (Å²) in [5.74, 6) is -0.349. The SMILES string of the molecule is CN(C)c1cc2c(cc1C(F)(F)F)NC(=O)C[C@@H](c1ccc(-c3cccnc3)cc1)N2. The Morgan fingerprint density at radius 2 is 1.77 bits per heavy atom. The number of pyridine rings is 1. The van der Waals surface area contributed by atoms with E-state index in [0.717, 1.165) is 22.8 Å². The number of aromatic nitrogens is 1. The number of anilines is 3. The van der Waals surface area contributed by atoms with Crippen LogP contribution in [0, 0.1) is 0 Å². The summed E-state index contributed by atoms with van der Waals surface area (Å²) >= 11 is 0. The van der Waals surface area contributed by atoms with E-state index >= 15 is 0 Å². The molecule has 0 saturated carbocycles. The van der Waals surface area contributed by atoms with Crippen molar-refractivity contribution in [3.8, 4) is 11.1 Å². The normalized spacial score (nSPS) is 16.0. The van der Waals surface area contributed by atoms with Gasteiger partial charge in [-0.05, 0) is 34.9 Å². The number of carbonyl (C=O) groups is 1. The third-order valence-electron chi connectivity index (χ3n) is 5.22. The van der Waals surface area contributed by atoms with Gasteiger partial charge in [0.15, 0.2) is 0 Å². The second-order valence-corrected chi connectivity index (χ2v) is 7.62. The Kier molecular flexibility index (Phi) is 5.31. The van der Waals surface area contributed by atoms with Crippen LogP contribution in [-0.4, -0.2) is 25.0 Å². The average Bonchev–Trinajstić information content (AvgIpc) is 2.90. The number of hydrogen-bond acceptors (Lipinski definition) is 4. The van der Waals surface area contributed by atoms with E-state index in [1.807, 2.05) is 36.4 Å². The van der Waals surface area contributed by atoms with Crippen LogP contribution in [0.25, 0.3) is 11.1 Å². The predicted molar refractivity (Wildman–Crippen MR) is 115 cm³/mol. The van der Waals surface area contributed by atoms with Gasteiger partial charge < -0.3 is 15.5 Å². The number of amides is 1. The minimum atomic E-state index is -4.53. The van der Waals surface area contributed by atoms with Crippen molar-refractivity contribution >= 4 is 23.0 Å². The van der Waals surface area contributed by atoms with E-state index in [-0.39, 0.29) is 29.7 Å². The quantitative estimate of drug-likeness (QED) is 0.595. The van der Waals surface area contributed by atoms with Crippen LogP contribution in [0.2, 0.25) is 0 Å². The monoisotopic (exact) mass is 426 g/mol. The third kappa shape index (κ3) is 4.33. The molecular weight excluding hydrogens is 405 g/mol. The van der Waals surface area contributed by atoms with Gasteiger partial charge in [-0.3, -0.25) is 9.78 Å². The molecule has 31 heavy (non-hydrogen) atoms. The van der Waals surface area contributed by atoms with Crippen molar-refractivity contribution in [2.75, 3.05) is 29.6 Å². The molecule has 1 aliphatic rings. The number of carbonyl (C=O) groups excluding carboxylic acids is 1. The molecule has 5 nitrogen and oxygen atoms in total.